The number of anilines is 1. The quantitative estimate of drug-likeness (QED) is 0.370. The second-order valence-corrected chi connectivity index (χ2v) is 10.3. The lowest BCUT2D eigenvalue weighted by molar-refractivity contribution is 0.0582. The standard InChI is InChI=1S/C29H30N4O2S/c1-21-20-25(29(34)33-18-16-32(17-19-33)22(2)23-8-4-3-5-9-23)13-14-26(21)31-36(35)27-12-6-10-24-11-7-15-30-28(24)27/h3-15,20,22,31H,16-19H2,1-2H3. The number of piperazine rings is 1. The van der Waals surface area contributed by atoms with E-state index in [0.29, 0.717) is 29.6 Å². The van der Waals surface area contributed by atoms with Crippen molar-refractivity contribution in [1.82, 2.24) is 14.8 Å². The third kappa shape index (κ3) is 5.09. The summed E-state index contributed by atoms with van der Waals surface area (Å²) in [7, 11) is 0. The fourth-order valence-corrected chi connectivity index (χ4v) is 5.82. The topological polar surface area (TPSA) is 71.5 Å². The summed E-state index contributed by atoms with van der Waals surface area (Å²) in [4.78, 5) is 22.6. The van der Waals surface area contributed by atoms with E-state index in [4.69, 9.17) is 0 Å². The monoisotopic (exact) mass is 498 g/mol. The van der Waals surface area contributed by atoms with E-state index in [1.165, 1.54) is 5.56 Å². The smallest absolute Gasteiger partial charge is 0.253 e. The van der Waals surface area contributed by atoms with Crippen LogP contribution >= 0.6 is 0 Å². The number of hydrogen-bond acceptors (Lipinski definition) is 5. The minimum absolute atomic E-state index is 0.0380. The third-order valence-corrected chi connectivity index (χ3v) is 8.04. The lowest BCUT2D eigenvalue weighted by Crippen LogP contribution is -2.49. The number of nitrogens with one attached hydrogen (secondary N) is 1. The molecular formula is C29H30N4O2S. The minimum Gasteiger partial charge on any atom is -0.588 e. The molecule has 6 nitrogen and oxygen atoms in total. The van der Waals surface area contributed by atoms with E-state index in [2.05, 4.69) is 45.8 Å². The summed E-state index contributed by atoms with van der Waals surface area (Å²) < 4.78 is 16.2. The number of rotatable bonds is 6. The number of fused-ring (bicyclic) bond motifs is 1. The highest BCUT2D eigenvalue weighted by molar-refractivity contribution is 7.93. The van der Waals surface area contributed by atoms with Crippen molar-refractivity contribution in [2.45, 2.75) is 24.8 Å². The summed E-state index contributed by atoms with van der Waals surface area (Å²) >= 11 is -1.48. The maximum absolute atomic E-state index is 13.2. The molecule has 4 aromatic rings. The summed E-state index contributed by atoms with van der Waals surface area (Å²) in [6, 6.07) is 25.8. The van der Waals surface area contributed by atoms with Crippen molar-refractivity contribution in [3.8, 4) is 0 Å². The van der Waals surface area contributed by atoms with E-state index in [9.17, 15) is 9.35 Å². The number of benzene rings is 3. The zero-order valence-corrected chi connectivity index (χ0v) is 21.4. The third-order valence-electron chi connectivity index (χ3n) is 6.90. The van der Waals surface area contributed by atoms with Crippen LogP contribution in [-0.4, -0.2) is 51.4 Å². The molecular weight excluding hydrogens is 468 g/mol. The molecule has 7 heteroatoms. The average Bonchev–Trinajstić information content (AvgIpc) is 2.93. The van der Waals surface area contributed by atoms with E-state index < -0.39 is 11.4 Å². The van der Waals surface area contributed by atoms with Gasteiger partial charge in [-0.25, -0.2) is 4.72 Å². The molecule has 0 radical (unpaired) electrons. The molecule has 1 aliphatic heterocycles. The maximum Gasteiger partial charge on any atom is 0.253 e. The number of hydrogen-bond donors (Lipinski definition) is 1. The highest BCUT2D eigenvalue weighted by Gasteiger charge is 2.26. The van der Waals surface area contributed by atoms with Gasteiger partial charge in [0.15, 0.2) is 0 Å². The van der Waals surface area contributed by atoms with Gasteiger partial charge in [0.1, 0.15) is 16.9 Å². The number of aryl methyl sites for hydroxylation is 1. The second kappa shape index (κ2) is 10.7. The first-order valence-corrected chi connectivity index (χ1v) is 13.4. The maximum atomic E-state index is 13.2. The predicted molar refractivity (Wildman–Crippen MR) is 145 cm³/mol. The Bertz CT molecular complexity index is 1350. The number of carbonyl (C=O) groups is 1. The number of amides is 1. The lowest BCUT2D eigenvalue weighted by atomic mass is 10.1. The van der Waals surface area contributed by atoms with E-state index in [1.54, 1.807) is 6.20 Å². The van der Waals surface area contributed by atoms with Crippen LogP contribution in [0.2, 0.25) is 0 Å². The molecule has 184 valence electrons. The molecule has 1 fully saturated rings. The van der Waals surface area contributed by atoms with Gasteiger partial charge < -0.3 is 9.45 Å². The van der Waals surface area contributed by atoms with Crippen LogP contribution in [0.4, 0.5) is 5.69 Å². The van der Waals surface area contributed by atoms with Crippen LogP contribution < -0.4 is 4.72 Å². The molecule has 1 amide bonds. The number of pyridine rings is 1. The van der Waals surface area contributed by atoms with Crippen LogP contribution in [0.25, 0.3) is 10.9 Å². The Hall–Kier alpha value is -3.39. The van der Waals surface area contributed by atoms with Crippen molar-refractivity contribution in [2.75, 3.05) is 30.9 Å². The molecule has 3 aromatic carbocycles. The Kier molecular flexibility index (Phi) is 7.23. The van der Waals surface area contributed by atoms with Crippen LogP contribution in [0.1, 0.15) is 34.5 Å². The van der Waals surface area contributed by atoms with Gasteiger partial charge in [0.2, 0.25) is 4.90 Å². The first kappa shape index (κ1) is 24.3. The average molecular weight is 499 g/mol. The number of carbonyl (C=O) groups excluding carboxylic acids is 1. The zero-order chi connectivity index (χ0) is 25.1. The first-order valence-electron chi connectivity index (χ1n) is 12.2. The predicted octanol–water partition coefficient (Wildman–Crippen LogP) is 5.20. The lowest BCUT2D eigenvalue weighted by Gasteiger charge is -2.38. The largest absolute Gasteiger partial charge is 0.588 e. The Balaban J connectivity index is 1.23. The normalized spacial score (nSPS) is 16.0. The molecule has 0 spiro atoms. The summed E-state index contributed by atoms with van der Waals surface area (Å²) in [6.07, 6.45) is 1.71. The van der Waals surface area contributed by atoms with Gasteiger partial charge in [-0.15, -0.1) is 0 Å². The summed E-state index contributed by atoms with van der Waals surface area (Å²) in [5, 5.41) is 0.945. The van der Waals surface area contributed by atoms with Crippen molar-refractivity contribution in [2.24, 2.45) is 0 Å². The van der Waals surface area contributed by atoms with Gasteiger partial charge in [-0.3, -0.25) is 14.7 Å². The Morgan fingerprint density at radius 1 is 0.972 bits per heavy atom. The van der Waals surface area contributed by atoms with Crippen LogP contribution in [0.3, 0.4) is 0 Å². The van der Waals surface area contributed by atoms with E-state index >= 15 is 0 Å². The van der Waals surface area contributed by atoms with Crippen LogP contribution in [0, 0.1) is 6.92 Å². The molecule has 1 aliphatic rings. The molecule has 1 aromatic heterocycles. The van der Waals surface area contributed by atoms with E-state index in [-0.39, 0.29) is 5.91 Å². The first-order chi connectivity index (χ1) is 17.5. The molecule has 1 saturated heterocycles. The summed E-state index contributed by atoms with van der Waals surface area (Å²) in [5.41, 5.74) is 4.28. The van der Waals surface area contributed by atoms with Crippen molar-refractivity contribution < 1.29 is 9.35 Å². The van der Waals surface area contributed by atoms with Crippen molar-refractivity contribution >= 4 is 33.9 Å². The second-order valence-electron chi connectivity index (χ2n) is 9.15. The van der Waals surface area contributed by atoms with Gasteiger partial charge in [0.05, 0.1) is 5.69 Å². The highest BCUT2D eigenvalue weighted by Crippen LogP contribution is 2.26. The Morgan fingerprint density at radius 3 is 2.47 bits per heavy atom. The molecule has 1 N–H and O–H groups in total. The molecule has 36 heavy (non-hydrogen) atoms. The van der Waals surface area contributed by atoms with Gasteiger partial charge in [-0.1, -0.05) is 48.5 Å². The van der Waals surface area contributed by atoms with Crippen LogP contribution in [0.5, 0.6) is 0 Å². The van der Waals surface area contributed by atoms with Crippen molar-refractivity contribution in [1.29, 1.82) is 0 Å². The number of nitrogens with zero attached hydrogens (tertiary/aromatic N) is 3. The molecule has 2 atom stereocenters. The SMILES string of the molecule is Cc1cc(C(=O)N2CCN(C(C)c3ccccc3)CC2)ccc1N[S+]([O-])c1cccc2cccnc12. The summed E-state index contributed by atoms with van der Waals surface area (Å²) in [6.45, 7) is 7.24. The van der Waals surface area contributed by atoms with Crippen molar-refractivity contribution in [3.05, 3.63) is 102 Å². The van der Waals surface area contributed by atoms with Gasteiger partial charge in [0, 0.05) is 49.4 Å². The summed E-state index contributed by atoms with van der Waals surface area (Å²) in [5.74, 6) is 0.0380. The van der Waals surface area contributed by atoms with Crippen molar-refractivity contribution in [3.63, 3.8) is 0 Å². The van der Waals surface area contributed by atoms with Gasteiger partial charge in [-0.05, 0) is 55.3 Å². The highest BCUT2D eigenvalue weighted by atomic mass is 32.2. The zero-order valence-electron chi connectivity index (χ0n) is 20.6. The van der Waals surface area contributed by atoms with Gasteiger partial charge in [-0.2, -0.15) is 0 Å². The number of para-hydroxylation sites is 1. The molecule has 0 aliphatic carbocycles. The van der Waals surface area contributed by atoms with Crippen LogP contribution in [0.15, 0.2) is 90.0 Å². The Labute approximate surface area is 215 Å². The molecule has 2 heterocycles. The van der Waals surface area contributed by atoms with Crippen LogP contribution in [-0.2, 0) is 11.4 Å². The molecule has 0 saturated carbocycles. The van der Waals surface area contributed by atoms with Gasteiger partial charge >= 0.3 is 0 Å². The molecule has 2 unspecified atom stereocenters. The fourth-order valence-electron chi connectivity index (χ4n) is 4.73. The van der Waals surface area contributed by atoms with Gasteiger partial charge in [0.25, 0.3) is 5.91 Å². The Morgan fingerprint density at radius 2 is 1.72 bits per heavy atom. The van der Waals surface area contributed by atoms with E-state index in [0.717, 1.165) is 35.2 Å². The molecule has 0 bridgehead atoms. The minimum atomic E-state index is -1.48. The number of aromatic nitrogens is 1. The van der Waals surface area contributed by atoms with E-state index in [1.807, 2.05) is 66.4 Å². The fraction of sp³-hybridized carbons (Fsp3) is 0.241. The molecule has 5 rings (SSSR count).